The van der Waals surface area contributed by atoms with Gasteiger partial charge in [-0.1, -0.05) is 13.8 Å². The first kappa shape index (κ1) is 12.6. The summed E-state index contributed by atoms with van der Waals surface area (Å²) in [6.45, 7) is 6.52. The molecular weight excluding hydrogens is 212 g/mol. The van der Waals surface area contributed by atoms with Crippen molar-refractivity contribution in [3.8, 4) is 0 Å². The lowest BCUT2D eigenvalue weighted by Gasteiger charge is -2.23. The molecule has 0 saturated carbocycles. The number of hydrogen-bond acceptors (Lipinski definition) is 3. The Kier molecular flexibility index (Phi) is 3.84. The molecule has 2 N–H and O–H groups in total. The largest absolute Gasteiger partial charge is 0.332 e. The average Bonchev–Trinajstić information content (AvgIpc) is 2.88. The maximum Gasteiger partial charge on any atom is 0.125 e. The Hall–Kier alpha value is -0.870. The molecule has 1 aliphatic heterocycles. The third-order valence-electron chi connectivity index (χ3n) is 3.84. The van der Waals surface area contributed by atoms with Crippen LogP contribution in [0.25, 0.3) is 0 Å². The van der Waals surface area contributed by atoms with Crippen LogP contribution in [0.4, 0.5) is 0 Å². The van der Waals surface area contributed by atoms with E-state index in [2.05, 4.69) is 41.5 Å². The fourth-order valence-electron chi connectivity index (χ4n) is 2.51. The summed E-state index contributed by atoms with van der Waals surface area (Å²) in [5.74, 6) is 1.46. The van der Waals surface area contributed by atoms with Crippen molar-refractivity contribution in [1.29, 1.82) is 0 Å². The Bertz CT molecular complexity index is 358. The third-order valence-corrected chi connectivity index (χ3v) is 3.84. The summed E-state index contributed by atoms with van der Waals surface area (Å²) in [5.41, 5.74) is 6.20. The van der Waals surface area contributed by atoms with E-state index in [0.717, 1.165) is 12.4 Å². The van der Waals surface area contributed by atoms with E-state index in [1.165, 1.54) is 19.4 Å². The first-order chi connectivity index (χ1) is 8.09. The quantitative estimate of drug-likeness (QED) is 0.864. The molecule has 96 valence electrons. The number of likely N-dealkylation sites (tertiary alicyclic amines) is 1. The molecular formula is C13H24N4. The molecule has 4 heteroatoms. The van der Waals surface area contributed by atoms with Gasteiger partial charge in [-0.2, -0.15) is 0 Å². The van der Waals surface area contributed by atoms with Crippen molar-refractivity contribution in [3.63, 3.8) is 0 Å². The molecule has 17 heavy (non-hydrogen) atoms. The van der Waals surface area contributed by atoms with E-state index in [9.17, 15) is 0 Å². The van der Waals surface area contributed by atoms with Gasteiger partial charge in [0.05, 0.1) is 6.04 Å². The van der Waals surface area contributed by atoms with Gasteiger partial charge in [-0.3, -0.25) is 0 Å². The molecule has 4 nitrogen and oxygen atoms in total. The van der Waals surface area contributed by atoms with E-state index in [4.69, 9.17) is 5.73 Å². The van der Waals surface area contributed by atoms with Crippen LogP contribution < -0.4 is 5.73 Å². The summed E-state index contributed by atoms with van der Waals surface area (Å²) in [5, 5.41) is 0. The van der Waals surface area contributed by atoms with Crippen LogP contribution in [-0.2, 0) is 6.54 Å². The highest BCUT2D eigenvalue weighted by atomic mass is 15.2. The SMILES string of the molecule is CC(C)[C@H](N)c1nccn1C[C@@H]1CCCN1C. The van der Waals surface area contributed by atoms with E-state index in [1.807, 2.05) is 6.20 Å². The summed E-state index contributed by atoms with van der Waals surface area (Å²) in [6.07, 6.45) is 6.52. The third kappa shape index (κ3) is 2.69. The second-order valence-electron chi connectivity index (χ2n) is 5.48. The second-order valence-corrected chi connectivity index (χ2v) is 5.48. The van der Waals surface area contributed by atoms with E-state index in [1.54, 1.807) is 0 Å². The van der Waals surface area contributed by atoms with E-state index in [0.29, 0.717) is 12.0 Å². The summed E-state index contributed by atoms with van der Waals surface area (Å²) in [7, 11) is 2.21. The molecule has 1 aliphatic rings. The molecule has 1 aromatic rings. The lowest BCUT2D eigenvalue weighted by atomic mass is 10.0. The van der Waals surface area contributed by atoms with Crippen LogP contribution in [0.1, 0.15) is 38.6 Å². The van der Waals surface area contributed by atoms with Crippen molar-refractivity contribution in [1.82, 2.24) is 14.5 Å². The summed E-state index contributed by atoms with van der Waals surface area (Å²) >= 11 is 0. The predicted octanol–water partition coefficient (Wildman–Crippen LogP) is 1.63. The van der Waals surface area contributed by atoms with Gasteiger partial charge in [0.2, 0.25) is 0 Å². The number of nitrogens with zero attached hydrogens (tertiary/aromatic N) is 3. The van der Waals surface area contributed by atoms with Gasteiger partial charge < -0.3 is 15.2 Å². The molecule has 1 fully saturated rings. The first-order valence-electron chi connectivity index (χ1n) is 6.56. The Morgan fingerprint density at radius 3 is 2.88 bits per heavy atom. The minimum Gasteiger partial charge on any atom is -0.332 e. The molecule has 1 aromatic heterocycles. The van der Waals surface area contributed by atoms with Crippen LogP contribution in [0.15, 0.2) is 12.4 Å². The van der Waals surface area contributed by atoms with Gasteiger partial charge in [0, 0.05) is 25.0 Å². The molecule has 0 aliphatic carbocycles. The van der Waals surface area contributed by atoms with E-state index < -0.39 is 0 Å². The molecule has 2 heterocycles. The zero-order valence-corrected chi connectivity index (χ0v) is 11.1. The van der Waals surface area contributed by atoms with E-state index in [-0.39, 0.29) is 6.04 Å². The minimum atomic E-state index is 0.0386. The highest BCUT2D eigenvalue weighted by Crippen LogP contribution is 2.21. The summed E-state index contributed by atoms with van der Waals surface area (Å²) < 4.78 is 2.23. The van der Waals surface area contributed by atoms with Crippen LogP contribution in [-0.4, -0.2) is 34.1 Å². The van der Waals surface area contributed by atoms with Crippen LogP contribution in [0.2, 0.25) is 0 Å². The lowest BCUT2D eigenvalue weighted by Crippen LogP contribution is -2.31. The van der Waals surface area contributed by atoms with Crippen molar-refractivity contribution in [3.05, 3.63) is 18.2 Å². The topological polar surface area (TPSA) is 47.1 Å². The smallest absolute Gasteiger partial charge is 0.125 e. The number of nitrogens with two attached hydrogens (primary N) is 1. The zero-order chi connectivity index (χ0) is 12.4. The highest BCUT2D eigenvalue weighted by molar-refractivity contribution is 5.00. The van der Waals surface area contributed by atoms with Gasteiger partial charge in [0.15, 0.2) is 0 Å². The number of rotatable bonds is 4. The standard InChI is InChI=1S/C13H24N4/c1-10(2)12(14)13-15-6-8-17(13)9-11-5-4-7-16(11)3/h6,8,10-12H,4-5,7,9,14H2,1-3H3/t11-,12-/m0/s1. The van der Waals surface area contributed by atoms with Gasteiger partial charge in [-0.05, 0) is 32.4 Å². The first-order valence-corrected chi connectivity index (χ1v) is 6.56. The number of hydrogen-bond donors (Lipinski definition) is 1. The van der Waals surface area contributed by atoms with Gasteiger partial charge in [-0.15, -0.1) is 0 Å². The average molecular weight is 236 g/mol. The summed E-state index contributed by atoms with van der Waals surface area (Å²) in [4.78, 5) is 6.86. The zero-order valence-electron chi connectivity index (χ0n) is 11.1. The van der Waals surface area contributed by atoms with Gasteiger partial charge in [0.1, 0.15) is 5.82 Å². The predicted molar refractivity (Wildman–Crippen MR) is 69.6 cm³/mol. The fourth-order valence-corrected chi connectivity index (χ4v) is 2.51. The molecule has 2 atom stereocenters. The monoisotopic (exact) mass is 236 g/mol. The van der Waals surface area contributed by atoms with Crippen molar-refractivity contribution in [2.24, 2.45) is 11.7 Å². The Balaban J connectivity index is 2.08. The number of likely N-dealkylation sites (N-methyl/N-ethyl adjacent to an activating group) is 1. The minimum absolute atomic E-state index is 0.0386. The Morgan fingerprint density at radius 1 is 1.53 bits per heavy atom. The molecule has 0 bridgehead atoms. The molecule has 0 unspecified atom stereocenters. The second kappa shape index (κ2) is 5.19. The van der Waals surface area contributed by atoms with Crippen molar-refractivity contribution in [2.45, 2.75) is 45.3 Å². The van der Waals surface area contributed by atoms with Gasteiger partial charge in [0.25, 0.3) is 0 Å². The van der Waals surface area contributed by atoms with Crippen molar-refractivity contribution < 1.29 is 0 Å². The number of aromatic nitrogens is 2. The van der Waals surface area contributed by atoms with Crippen molar-refractivity contribution in [2.75, 3.05) is 13.6 Å². The Labute approximate surface area is 104 Å². The van der Waals surface area contributed by atoms with Gasteiger partial charge >= 0.3 is 0 Å². The van der Waals surface area contributed by atoms with E-state index >= 15 is 0 Å². The normalized spacial score (nSPS) is 23.5. The molecule has 0 amide bonds. The highest BCUT2D eigenvalue weighted by Gasteiger charge is 2.23. The molecule has 2 rings (SSSR count). The van der Waals surface area contributed by atoms with Crippen LogP contribution in [0, 0.1) is 5.92 Å². The van der Waals surface area contributed by atoms with Crippen LogP contribution >= 0.6 is 0 Å². The molecule has 0 spiro atoms. The van der Waals surface area contributed by atoms with Crippen molar-refractivity contribution >= 4 is 0 Å². The Morgan fingerprint density at radius 2 is 2.29 bits per heavy atom. The number of imidazole rings is 1. The lowest BCUT2D eigenvalue weighted by molar-refractivity contribution is 0.277. The molecule has 1 saturated heterocycles. The summed E-state index contributed by atoms with van der Waals surface area (Å²) in [6, 6.07) is 0.680. The maximum absolute atomic E-state index is 6.20. The molecule has 0 radical (unpaired) electrons. The molecule has 0 aromatic carbocycles. The van der Waals surface area contributed by atoms with Gasteiger partial charge in [-0.25, -0.2) is 4.98 Å². The fraction of sp³-hybridized carbons (Fsp3) is 0.769. The van der Waals surface area contributed by atoms with Crippen LogP contribution in [0.5, 0.6) is 0 Å². The van der Waals surface area contributed by atoms with Crippen LogP contribution in [0.3, 0.4) is 0 Å². The maximum atomic E-state index is 6.20.